The summed E-state index contributed by atoms with van der Waals surface area (Å²) < 4.78 is 5.76. The van der Waals surface area contributed by atoms with Crippen LogP contribution in [0.2, 0.25) is 0 Å². The smallest absolute Gasteiger partial charge is 0.348 e. The van der Waals surface area contributed by atoms with Crippen LogP contribution in [0.15, 0.2) is 29.8 Å². The minimum absolute atomic E-state index is 0.0194. The van der Waals surface area contributed by atoms with E-state index in [9.17, 15) is 4.79 Å². The van der Waals surface area contributed by atoms with Crippen LogP contribution in [0.1, 0.15) is 12.5 Å². The fourth-order valence-corrected chi connectivity index (χ4v) is 1.64. The van der Waals surface area contributed by atoms with Gasteiger partial charge in [0.15, 0.2) is 0 Å². The van der Waals surface area contributed by atoms with Crippen molar-refractivity contribution >= 4 is 34.6 Å². The second-order valence-corrected chi connectivity index (χ2v) is 4.07. The minimum atomic E-state index is -0.579. The molecule has 0 saturated carbocycles. The maximum atomic E-state index is 11.4. The minimum Gasteiger partial charge on any atom is -0.462 e. The van der Waals surface area contributed by atoms with Crippen molar-refractivity contribution in [2.45, 2.75) is 6.92 Å². The standard InChI is InChI=1S/C12H10INO2/c1-2-16-12(15)10(8-14)7-9-5-3-4-6-11(9)13/h3-7H,2H2,1H3/b10-7-. The molecule has 16 heavy (non-hydrogen) atoms. The van der Waals surface area contributed by atoms with Crippen molar-refractivity contribution in [2.75, 3.05) is 6.61 Å². The van der Waals surface area contributed by atoms with E-state index >= 15 is 0 Å². The SMILES string of the molecule is CCOC(=O)/C(C#N)=C\c1ccccc1I. The highest BCUT2D eigenvalue weighted by Gasteiger charge is 2.10. The van der Waals surface area contributed by atoms with E-state index < -0.39 is 5.97 Å². The summed E-state index contributed by atoms with van der Waals surface area (Å²) in [5.41, 5.74) is 0.860. The van der Waals surface area contributed by atoms with Crippen molar-refractivity contribution in [3.05, 3.63) is 39.0 Å². The van der Waals surface area contributed by atoms with Gasteiger partial charge < -0.3 is 4.74 Å². The molecule has 0 fully saturated rings. The number of rotatable bonds is 3. The van der Waals surface area contributed by atoms with Gasteiger partial charge in [0.1, 0.15) is 11.6 Å². The first kappa shape index (κ1) is 12.7. The van der Waals surface area contributed by atoms with E-state index in [4.69, 9.17) is 10.00 Å². The molecule has 1 aromatic rings. The van der Waals surface area contributed by atoms with Crippen molar-refractivity contribution in [2.24, 2.45) is 0 Å². The molecule has 4 heteroatoms. The molecule has 0 atom stereocenters. The van der Waals surface area contributed by atoms with Gasteiger partial charge in [0.05, 0.1) is 6.61 Å². The van der Waals surface area contributed by atoms with Crippen molar-refractivity contribution in [3.63, 3.8) is 0 Å². The van der Waals surface area contributed by atoms with Gasteiger partial charge in [-0.25, -0.2) is 4.79 Å². The molecule has 0 radical (unpaired) electrons. The summed E-state index contributed by atoms with van der Waals surface area (Å²) in [6, 6.07) is 9.35. The number of hydrogen-bond donors (Lipinski definition) is 0. The first-order valence-electron chi connectivity index (χ1n) is 4.72. The molecule has 0 unspecified atom stereocenters. The van der Waals surface area contributed by atoms with Crippen molar-refractivity contribution in [3.8, 4) is 6.07 Å². The highest BCUT2D eigenvalue weighted by atomic mass is 127. The number of hydrogen-bond acceptors (Lipinski definition) is 3. The zero-order valence-corrected chi connectivity index (χ0v) is 10.9. The fraction of sp³-hybridized carbons (Fsp3) is 0.167. The van der Waals surface area contributed by atoms with Gasteiger partial charge in [-0.05, 0) is 47.2 Å². The van der Waals surface area contributed by atoms with Crippen molar-refractivity contribution in [1.29, 1.82) is 5.26 Å². The van der Waals surface area contributed by atoms with E-state index in [2.05, 4.69) is 22.6 Å². The Morgan fingerprint density at radius 3 is 2.81 bits per heavy atom. The molecule has 0 amide bonds. The van der Waals surface area contributed by atoms with Gasteiger partial charge in [0.25, 0.3) is 0 Å². The fourth-order valence-electron chi connectivity index (χ4n) is 1.09. The molecular formula is C12H10INO2. The van der Waals surface area contributed by atoms with E-state index in [1.54, 1.807) is 13.0 Å². The lowest BCUT2D eigenvalue weighted by molar-refractivity contribution is -0.137. The third kappa shape index (κ3) is 3.35. The van der Waals surface area contributed by atoms with E-state index in [-0.39, 0.29) is 12.2 Å². The van der Waals surface area contributed by atoms with Crippen LogP contribution in [0.25, 0.3) is 6.08 Å². The summed E-state index contributed by atoms with van der Waals surface area (Å²) in [6.45, 7) is 1.98. The van der Waals surface area contributed by atoms with Gasteiger partial charge in [0, 0.05) is 3.57 Å². The van der Waals surface area contributed by atoms with E-state index in [0.717, 1.165) is 9.13 Å². The predicted molar refractivity (Wildman–Crippen MR) is 69.4 cm³/mol. The van der Waals surface area contributed by atoms with Gasteiger partial charge in [0.2, 0.25) is 0 Å². The Labute approximate surface area is 108 Å². The van der Waals surface area contributed by atoms with Crippen LogP contribution in [-0.4, -0.2) is 12.6 Å². The van der Waals surface area contributed by atoms with Crippen LogP contribution in [-0.2, 0) is 9.53 Å². The Kier molecular flexibility index (Phi) is 4.99. The lowest BCUT2D eigenvalue weighted by Gasteiger charge is -2.01. The van der Waals surface area contributed by atoms with Crippen molar-refractivity contribution in [1.82, 2.24) is 0 Å². The Bertz CT molecular complexity index is 460. The van der Waals surface area contributed by atoms with E-state index in [1.165, 1.54) is 0 Å². The molecule has 0 aliphatic heterocycles. The average molecular weight is 327 g/mol. The topological polar surface area (TPSA) is 50.1 Å². The molecular weight excluding hydrogens is 317 g/mol. The second-order valence-electron chi connectivity index (χ2n) is 2.91. The Balaban J connectivity index is 3.02. The molecule has 3 nitrogen and oxygen atoms in total. The van der Waals surface area contributed by atoms with E-state index in [0.29, 0.717) is 0 Å². The third-order valence-electron chi connectivity index (χ3n) is 1.82. The molecule has 1 aromatic carbocycles. The van der Waals surface area contributed by atoms with Crippen LogP contribution in [0, 0.1) is 14.9 Å². The van der Waals surface area contributed by atoms with Gasteiger partial charge in [-0.3, -0.25) is 0 Å². The molecule has 0 bridgehead atoms. The zero-order chi connectivity index (χ0) is 12.0. The maximum absolute atomic E-state index is 11.4. The quantitative estimate of drug-likeness (QED) is 0.371. The lowest BCUT2D eigenvalue weighted by Crippen LogP contribution is -2.06. The number of esters is 1. The average Bonchev–Trinajstić information content (AvgIpc) is 2.28. The zero-order valence-electron chi connectivity index (χ0n) is 8.74. The Hall–Kier alpha value is -1.35. The third-order valence-corrected chi connectivity index (χ3v) is 2.80. The number of nitrogens with zero attached hydrogens (tertiary/aromatic N) is 1. The lowest BCUT2D eigenvalue weighted by atomic mass is 10.1. The molecule has 0 heterocycles. The summed E-state index contributed by atoms with van der Waals surface area (Å²) in [4.78, 5) is 11.4. The molecule has 0 aliphatic carbocycles. The first-order valence-corrected chi connectivity index (χ1v) is 5.80. The highest BCUT2D eigenvalue weighted by molar-refractivity contribution is 14.1. The summed E-state index contributed by atoms with van der Waals surface area (Å²) in [5, 5.41) is 8.85. The second kappa shape index (κ2) is 6.28. The van der Waals surface area contributed by atoms with Crippen LogP contribution in [0.3, 0.4) is 0 Å². The van der Waals surface area contributed by atoms with Gasteiger partial charge in [-0.1, -0.05) is 18.2 Å². The van der Waals surface area contributed by atoms with Gasteiger partial charge in [-0.15, -0.1) is 0 Å². The highest BCUT2D eigenvalue weighted by Crippen LogP contribution is 2.15. The molecule has 1 rings (SSSR count). The largest absolute Gasteiger partial charge is 0.462 e. The molecule has 0 spiro atoms. The molecule has 82 valence electrons. The summed E-state index contributed by atoms with van der Waals surface area (Å²) in [5.74, 6) is -0.579. The molecule has 0 saturated heterocycles. The van der Waals surface area contributed by atoms with Gasteiger partial charge >= 0.3 is 5.97 Å². The first-order chi connectivity index (χ1) is 7.69. The van der Waals surface area contributed by atoms with Crippen LogP contribution < -0.4 is 0 Å². The molecule has 0 aliphatic rings. The Morgan fingerprint density at radius 2 is 2.25 bits per heavy atom. The van der Waals surface area contributed by atoms with Crippen molar-refractivity contribution < 1.29 is 9.53 Å². The maximum Gasteiger partial charge on any atom is 0.348 e. The van der Waals surface area contributed by atoms with Crippen LogP contribution in [0.5, 0.6) is 0 Å². The normalized spacial score (nSPS) is 10.7. The van der Waals surface area contributed by atoms with Crippen LogP contribution in [0.4, 0.5) is 0 Å². The molecule has 0 N–H and O–H groups in total. The summed E-state index contributed by atoms with van der Waals surface area (Å²) in [7, 11) is 0. The number of carbonyl (C=O) groups excluding carboxylic acids is 1. The summed E-state index contributed by atoms with van der Waals surface area (Å²) in [6.07, 6.45) is 1.54. The van der Waals surface area contributed by atoms with Crippen LogP contribution >= 0.6 is 22.6 Å². The number of benzene rings is 1. The number of ether oxygens (including phenoxy) is 1. The number of halogens is 1. The number of nitriles is 1. The predicted octanol–water partition coefficient (Wildman–Crippen LogP) is 2.76. The van der Waals surface area contributed by atoms with Gasteiger partial charge in [-0.2, -0.15) is 5.26 Å². The molecule has 0 aromatic heterocycles. The Morgan fingerprint density at radius 1 is 1.56 bits per heavy atom. The number of carbonyl (C=O) groups is 1. The van der Waals surface area contributed by atoms with E-state index in [1.807, 2.05) is 30.3 Å². The monoisotopic (exact) mass is 327 g/mol. The summed E-state index contributed by atoms with van der Waals surface area (Å²) >= 11 is 2.15.